The van der Waals surface area contributed by atoms with Crippen LogP contribution >= 0.6 is 0 Å². The highest BCUT2D eigenvalue weighted by Crippen LogP contribution is 2.22. The topological polar surface area (TPSA) is 89.0 Å². The van der Waals surface area contributed by atoms with Crippen molar-refractivity contribution in [3.63, 3.8) is 0 Å². The van der Waals surface area contributed by atoms with E-state index in [0.29, 0.717) is 19.6 Å². The molecule has 3 heterocycles. The molecule has 0 spiro atoms. The van der Waals surface area contributed by atoms with Crippen LogP contribution in [0.5, 0.6) is 0 Å². The monoisotopic (exact) mass is 336 g/mol. The van der Waals surface area contributed by atoms with Gasteiger partial charge in [-0.25, -0.2) is 9.78 Å². The lowest BCUT2D eigenvalue weighted by atomic mass is 10.2. The zero-order valence-electron chi connectivity index (χ0n) is 14.5. The molecular formula is C16H24N4O4. The van der Waals surface area contributed by atoms with Crippen molar-refractivity contribution in [2.75, 3.05) is 6.54 Å². The maximum Gasteiger partial charge on any atom is 0.410 e. The number of hydrogen-bond acceptors (Lipinski definition) is 5. The van der Waals surface area contributed by atoms with Crippen LogP contribution in [0.15, 0.2) is 12.4 Å². The molecule has 0 aromatic carbocycles. The second kappa shape index (κ2) is 6.08. The molecule has 1 unspecified atom stereocenters. The molecule has 1 N–H and O–H groups in total. The van der Waals surface area contributed by atoms with Crippen molar-refractivity contribution in [2.24, 2.45) is 0 Å². The summed E-state index contributed by atoms with van der Waals surface area (Å²) in [7, 11) is 0. The number of epoxide rings is 1. The van der Waals surface area contributed by atoms with Gasteiger partial charge in [-0.3, -0.25) is 9.69 Å². The number of carbonyl (C=O) groups is 2. The lowest BCUT2D eigenvalue weighted by molar-refractivity contribution is -0.123. The number of amides is 2. The van der Waals surface area contributed by atoms with E-state index in [1.54, 1.807) is 11.1 Å². The van der Waals surface area contributed by atoms with Crippen LogP contribution in [0.3, 0.4) is 0 Å². The average molecular weight is 336 g/mol. The SMILES string of the molecule is C[C@@H]1O[C@H]1C(=O)NC1CN(C(=O)OC(C)(C)C)Cc2nccn2C1. The number of nitrogens with one attached hydrogen (secondary N) is 1. The van der Waals surface area contributed by atoms with Gasteiger partial charge in [0.15, 0.2) is 6.10 Å². The van der Waals surface area contributed by atoms with Gasteiger partial charge in [-0.1, -0.05) is 0 Å². The van der Waals surface area contributed by atoms with Crippen LogP contribution in [-0.2, 0) is 27.4 Å². The Labute approximate surface area is 141 Å². The van der Waals surface area contributed by atoms with Gasteiger partial charge >= 0.3 is 6.09 Å². The molecule has 8 heteroatoms. The summed E-state index contributed by atoms with van der Waals surface area (Å²) in [4.78, 5) is 30.5. The first-order valence-electron chi connectivity index (χ1n) is 8.17. The Morgan fingerprint density at radius 3 is 2.71 bits per heavy atom. The van der Waals surface area contributed by atoms with Crippen LogP contribution in [0.1, 0.15) is 33.5 Å². The maximum atomic E-state index is 12.5. The highest BCUT2D eigenvalue weighted by Gasteiger charge is 2.42. The Morgan fingerprint density at radius 2 is 2.08 bits per heavy atom. The van der Waals surface area contributed by atoms with Gasteiger partial charge in [-0.15, -0.1) is 0 Å². The van der Waals surface area contributed by atoms with E-state index in [9.17, 15) is 9.59 Å². The number of ether oxygens (including phenoxy) is 2. The minimum Gasteiger partial charge on any atom is -0.444 e. The number of carbonyl (C=O) groups excluding carboxylic acids is 2. The first-order chi connectivity index (χ1) is 11.2. The van der Waals surface area contributed by atoms with Gasteiger partial charge in [0.2, 0.25) is 0 Å². The molecular weight excluding hydrogens is 312 g/mol. The molecule has 1 saturated heterocycles. The fourth-order valence-corrected chi connectivity index (χ4v) is 2.76. The molecule has 3 rings (SSSR count). The summed E-state index contributed by atoms with van der Waals surface area (Å²) < 4.78 is 12.6. The largest absolute Gasteiger partial charge is 0.444 e. The Bertz CT molecular complexity index is 636. The van der Waals surface area contributed by atoms with Crippen molar-refractivity contribution in [1.82, 2.24) is 19.8 Å². The average Bonchev–Trinajstić information content (AvgIpc) is 3.09. The zero-order valence-corrected chi connectivity index (χ0v) is 14.5. The normalized spacial score (nSPS) is 26.3. The number of aromatic nitrogens is 2. The molecule has 0 radical (unpaired) electrons. The molecule has 0 saturated carbocycles. The molecule has 2 aliphatic rings. The Hall–Kier alpha value is -2.09. The molecule has 1 aromatic rings. The van der Waals surface area contributed by atoms with Crippen LogP contribution in [0.25, 0.3) is 0 Å². The van der Waals surface area contributed by atoms with E-state index < -0.39 is 11.7 Å². The number of nitrogens with zero attached hydrogens (tertiary/aromatic N) is 3. The molecule has 0 aliphatic carbocycles. The van der Waals surface area contributed by atoms with Crippen LogP contribution < -0.4 is 5.32 Å². The molecule has 2 aliphatic heterocycles. The second-order valence-electron chi connectivity index (χ2n) is 7.32. The van der Waals surface area contributed by atoms with E-state index in [-0.39, 0.29) is 24.2 Å². The molecule has 1 aromatic heterocycles. The van der Waals surface area contributed by atoms with Crippen molar-refractivity contribution in [1.29, 1.82) is 0 Å². The molecule has 2 amide bonds. The summed E-state index contributed by atoms with van der Waals surface area (Å²) in [5.41, 5.74) is -0.575. The molecule has 24 heavy (non-hydrogen) atoms. The van der Waals surface area contributed by atoms with Crippen LogP contribution in [0, 0.1) is 0 Å². The second-order valence-corrected chi connectivity index (χ2v) is 7.32. The van der Waals surface area contributed by atoms with E-state index in [0.717, 1.165) is 5.82 Å². The molecule has 8 nitrogen and oxygen atoms in total. The first kappa shape index (κ1) is 16.8. The van der Waals surface area contributed by atoms with Gasteiger partial charge < -0.3 is 19.4 Å². The molecule has 1 fully saturated rings. The van der Waals surface area contributed by atoms with Crippen molar-refractivity contribution in [2.45, 2.75) is 64.6 Å². The van der Waals surface area contributed by atoms with E-state index >= 15 is 0 Å². The van der Waals surface area contributed by atoms with Crippen molar-refractivity contribution >= 4 is 12.0 Å². The van der Waals surface area contributed by atoms with Gasteiger partial charge in [0.25, 0.3) is 5.91 Å². The lowest BCUT2D eigenvalue weighted by Crippen LogP contribution is -2.48. The van der Waals surface area contributed by atoms with Crippen molar-refractivity contribution < 1.29 is 19.1 Å². The van der Waals surface area contributed by atoms with E-state index in [1.165, 1.54) is 0 Å². The minimum atomic E-state index is -0.575. The number of rotatable bonds is 2. The third-order valence-electron chi connectivity index (χ3n) is 3.96. The Morgan fingerprint density at radius 1 is 1.38 bits per heavy atom. The summed E-state index contributed by atoms with van der Waals surface area (Å²) in [6.07, 6.45) is 2.71. The summed E-state index contributed by atoms with van der Waals surface area (Å²) in [5, 5.41) is 2.97. The summed E-state index contributed by atoms with van der Waals surface area (Å²) in [5.74, 6) is 0.633. The first-order valence-corrected chi connectivity index (χ1v) is 8.17. The summed E-state index contributed by atoms with van der Waals surface area (Å²) in [6, 6.07) is -0.225. The quantitative estimate of drug-likeness (QED) is 0.811. The zero-order chi connectivity index (χ0) is 17.5. The van der Waals surface area contributed by atoms with Gasteiger partial charge in [0.1, 0.15) is 11.4 Å². The van der Waals surface area contributed by atoms with E-state index in [2.05, 4.69) is 10.3 Å². The smallest absolute Gasteiger partial charge is 0.410 e. The minimum absolute atomic E-state index is 0.0402. The van der Waals surface area contributed by atoms with Crippen LogP contribution in [0.2, 0.25) is 0 Å². The van der Waals surface area contributed by atoms with E-state index in [4.69, 9.17) is 9.47 Å². The highest BCUT2D eigenvalue weighted by atomic mass is 16.6. The fraction of sp³-hybridized carbons (Fsp3) is 0.688. The Balaban J connectivity index is 1.73. The molecule has 132 valence electrons. The number of imidazole rings is 1. The lowest BCUT2D eigenvalue weighted by Gasteiger charge is -2.28. The van der Waals surface area contributed by atoms with Crippen LogP contribution in [-0.4, -0.2) is 56.8 Å². The Kier molecular flexibility index (Phi) is 4.25. The highest BCUT2D eigenvalue weighted by molar-refractivity contribution is 5.83. The predicted octanol–water partition coefficient (Wildman–Crippen LogP) is 0.906. The number of hydrogen-bond donors (Lipinski definition) is 1. The van der Waals surface area contributed by atoms with Crippen LogP contribution in [0.4, 0.5) is 4.79 Å². The summed E-state index contributed by atoms with van der Waals surface area (Å²) >= 11 is 0. The van der Waals surface area contributed by atoms with Crippen molar-refractivity contribution in [3.05, 3.63) is 18.2 Å². The van der Waals surface area contributed by atoms with Gasteiger partial charge in [0, 0.05) is 25.5 Å². The number of fused-ring (bicyclic) bond motifs is 1. The third-order valence-corrected chi connectivity index (χ3v) is 3.96. The molecule has 3 atom stereocenters. The summed E-state index contributed by atoms with van der Waals surface area (Å²) in [6.45, 7) is 8.62. The predicted molar refractivity (Wildman–Crippen MR) is 85.1 cm³/mol. The van der Waals surface area contributed by atoms with E-state index in [1.807, 2.05) is 38.5 Å². The fourth-order valence-electron chi connectivity index (χ4n) is 2.76. The van der Waals surface area contributed by atoms with Gasteiger partial charge in [-0.2, -0.15) is 0 Å². The third kappa shape index (κ3) is 3.87. The van der Waals surface area contributed by atoms with Gasteiger partial charge in [0.05, 0.1) is 18.7 Å². The molecule has 0 bridgehead atoms. The van der Waals surface area contributed by atoms with Crippen molar-refractivity contribution in [3.8, 4) is 0 Å². The maximum absolute atomic E-state index is 12.5. The van der Waals surface area contributed by atoms with Gasteiger partial charge in [-0.05, 0) is 27.7 Å². The standard InChI is InChI=1S/C16H24N4O4/c1-10-13(23-10)14(21)18-11-7-19-6-5-17-12(19)9-20(8-11)15(22)24-16(2,3)4/h5-6,10-11,13H,7-9H2,1-4H3,(H,18,21)/t10-,11?,13+/m0/s1.